The molecule has 0 amide bonds. The molecule has 0 radical (unpaired) electrons. The molecule has 6 atom stereocenters. The maximum absolute atomic E-state index is 13.6. The van der Waals surface area contributed by atoms with Gasteiger partial charge in [-0.2, -0.15) is 0 Å². The fraction of sp³-hybridized carbons (Fsp3) is 0.333. The van der Waals surface area contributed by atoms with E-state index in [1.165, 1.54) is 14.2 Å². The van der Waals surface area contributed by atoms with Gasteiger partial charge in [0.15, 0.2) is 0 Å². The largest absolute Gasteiger partial charge is 0.468 e. The van der Waals surface area contributed by atoms with Crippen LogP contribution in [-0.4, -0.2) is 26.2 Å². The number of furan rings is 1. The van der Waals surface area contributed by atoms with Crippen LogP contribution in [0.1, 0.15) is 40.0 Å². The summed E-state index contributed by atoms with van der Waals surface area (Å²) in [6, 6.07) is 17.7. The molecule has 3 aliphatic carbocycles. The Morgan fingerprint density at radius 1 is 0.794 bits per heavy atom. The van der Waals surface area contributed by atoms with Crippen LogP contribution in [0, 0.1) is 18.8 Å². The first-order valence-electron chi connectivity index (χ1n) is 11.1. The van der Waals surface area contributed by atoms with Gasteiger partial charge in [-0.1, -0.05) is 56.1 Å². The number of aryl methyl sites for hydroxylation is 1. The van der Waals surface area contributed by atoms with Crippen LogP contribution in [0.2, 0.25) is 0 Å². The first kappa shape index (κ1) is 22.1. The SMILES string of the molecule is COC(=O)[C@]1(c2ccc(Br)cc2)[C@H]2[C@H]3[C@@H](c4oc(C)cc4[C@H]21)[C@@]3(C(=O)OC)c1ccc(Br)cc1. The lowest BCUT2D eigenvalue weighted by Crippen LogP contribution is -2.30. The van der Waals surface area contributed by atoms with Crippen LogP contribution < -0.4 is 0 Å². The molecule has 0 aliphatic heterocycles. The van der Waals surface area contributed by atoms with E-state index in [1.807, 2.05) is 61.5 Å². The van der Waals surface area contributed by atoms with Crippen molar-refractivity contribution < 1.29 is 23.5 Å². The number of ether oxygens (including phenoxy) is 2. The number of methoxy groups -OCH3 is 2. The Kier molecular flexibility index (Phi) is 4.75. The summed E-state index contributed by atoms with van der Waals surface area (Å²) in [4.78, 5) is 27.1. The summed E-state index contributed by atoms with van der Waals surface area (Å²) in [6.07, 6.45) is 0. The zero-order chi connectivity index (χ0) is 24.0. The zero-order valence-corrected chi connectivity index (χ0v) is 22.0. The van der Waals surface area contributed by atoms with Crippen molar-refractivity contribution in [1.82, 2.24) is 0 Å². The lowest BCUT2D eigenvalue weighted by atomic mass is 9.85. The number of hydrogen-bond acceptors (Lipinski definition) is 5. The van der Waals surface area contributed by atoms with Crippen molar-refractivity contribution in [1.29, 1.82) is 0 Å². The average Bonchev–Trinajstić information content (AvgIpc) is 3.68. The lowest BCUT2D eigenvalue weighted by Gasteiger charge is -2.20. The van der Waals surface area contributed by atoms with Crippen LogP contribution >= 0.6 is 31.9 Å². The van der Waals surface area contributed by atoms with Gasteiger partial charge in [-0.3, -0.25) is 9.59 Å². The molecule has 0 unspecified atom stereocenters. The summed E-state index contributed by atoms with van der Waals surface area (Å²) >= 11 is 7.00. The number of fused-ring (bicyclic) bond motifs is 6. The fourth-order valence-corrected chi connectivity index (χ4v) is 7.48. The Morgan fingerprint density at radius 2 is 1.24 bits per heavy atom. The minimum atomic E-state index is -0.918. The minimum Gasteiger partial charge on any atom is -0.468 e. The molecule has 3 aliphatic rings. The van der Waals surface area contributed by atoms with E-state index in [0.29, 0.717) is 0 Å². The van der Waals surface area contributed by atoms with Gasteiger partial charge >= 0.3 is 11.9 Å². The minimum absolute atomic E-state index is 0.113. The van der Waals surface area contributed by atoms with E-state index in [1.54, 1.807) is 0 Å². The van der Waals surface area contributed by atoms with Gasteiger partial charge in [-0.25, -0.2) is 0 Å². The third kappa shape index (κ3) is 2.55. The number of benzene rings is 2. The van der Waals surface area contributed by atoms with Crippen molar-refractivity contribution >= 4 is 43.8 Å². The predicted molar refractivity (Wildman–Crippen MR) is 132 cm³/mol. The molecule has 2 saturated carbocycles. The van der Waals surface area contributed by atoms with Crippen molar-refractivity contribution in [3.63, 3.8) is 0 Å². The summed E-state index contributed by atoms with van der Waals surface area (Å²) in [5.41, 5.74) is 0.966. The van der Waals surface area contributed by atoms with Crippen LogP contribution in [-0.2, 0) is 29.9 Å². The van der Waals surface area contributed by atoms with Gasteiger partial charge in [-0.15, -0.1) is 0 Å². The number of halogens is 2. The monoisotopic (exact) mass is 584 g/mol. The maximum atomic E-state index is 13.6. The molecule has 2 aromatic carbocycles. The Balaban J connectivity index is 1.61. The van der Waals surface area contributed by atoms with E-state index in [9.17, 15) is 9.59 Å². The van der Waals surface area contributed by atoms with Crippen molar-refractivity contribution in [3.8, 4) is 0 Å². The number of esters is 2. The second kappa shape index (κ2) is 7.31. The fourth-order valence-electron chi connectivity index (χ4n) is 6.95. The second-order valence-electron chi connectivity index (χ2n) is 9.42. The molecule has 7 heteroatoms. The number of carbonyl (C=O) groups is 2. The van der Waals surface area contributed by atoms with Gasteiger partial charge in [0.25, 0.3) is 0 Å². The number of carbonyl (C=O) groups excluding carboxylic acids is 2. The van der Waals surface area contributed by atoms with Gasteiger partial charge in [0.05, 0.1) is 14.2 Å². The van der Waals surface area contributed by atoms with Crippen molar-refractivity contribution in [2.45, 2.75) is 29.6 Å². The quantitative estimate of drug-likeness (QED) is 0.363. The Morgan fingerprint density at radius 3 is 1.71 bits per heavy atom. The van der Waals surface area contributed by atoms with E-state index in [-0.39, 0.29) is 35.6 Å². The van der Waals surface area contributed by atoms with E-state index in [0.717, 1.165) is 37.2 Å². The van der Waals surface area contributed by atoms with E-state index in [4.69, 9.17) is 13.9 Å². The highest BCUT2D eigenvalue weighted by Crippen LogP contribution is 2.85. The number of rotatable bonds is 4. The maximum Gasteiger partial charge on any atom is 0.317 e. The summed E-state index contributed by atoms with van der Waals surface area (Å²) in [6.45, 7) is 1.91. The highest BCUT2D eigenvalue weighted by atomic mass is 79.9. The Hall–Kier alpha value is -2.38. The molecule has 6 rings (SSSR count). The summed E-state index contributed by atoms with van der Waals surface area (Å²) in [5.74, 6) is 0.395. The molecule has 0 saturated heterocycles. The standard InChI is InChI=1S/C27H22Br2O5/c1-13-12-18-19-20(26(19,24(30)32-2)14-4-8-16(28)9-5-14)21-22(23(18)34-13)27(21,25(31)33-3)15-6-10-17(29)11-7-15/h4-12,19-22H,1-3H3/t19-,20-,21+,22+,26+,27-/m1/s1. The highest BCUT2D eigenvalue weighted by Gasteiger charge is 2.89. The summed E-state index contributed by atoms with van der Waals surface area (Å²) in [7, 11) is 2.86. The van der Waals surface area contributed by atoms with E-state index >= 15 is 0 Å². The molecule has 0 spiro atoms. The normalized spacial score (nSPS) is 32.1. The first-order valence-corrected chi connectivity index (χ1v) is 12.7. The number of hydrogen-bond donors (Lipinski definition) is 0. The van der Waals surface area contributed by atoms with E-state index in [2.05, 4.69) is 31.9 Å². The van der Waals surface area contributed by atoms with Crippen molar-refractivity contribution in [2.75, 3.05) is 14.2 Å². The van der Waals surface area contributed by atoms with Gasteiger partial charge in [0, 0.05) is 20.8 Å². The molecule has 1 aromatic heterocycles. The molecule has 5 nitrogen and oxygen atoms in total. The van der Waals surface area contributed by atoms with Crippen LogP contribution in [0.3, 0.4) is 0 Å². The summed E-state index contributed by atoms with van der Waals surface area (Å²) < 4.78 is 18.9. The third-order valence-corrected chi connectivity index (χ3v) is 9.20. The third-order valence-electron chi connectivity index (χ3n) is 8.14. The Bertz CT molecular complexity index is 1230. The molecule has 3 aromatic rings. The molecule has 1 heterocycles. The summed E-state index contributed by atoms with van der Waals surface area (Å²) in [5, 5.41) is 0. The van der Waals surface area contributed by atoms with Gasteiger partial charge in [-0.05, 0) is 65.8 Å². The molecular formula is C27H22Br2O5. The highest BCUT2D eigenvalue weighted by molar-refractivity contribution is 9.10. The van der Waals surface area contributed by atoms with Crippen LogP contribution in [0.5, 0.6) is 0 Å². The Labute approximate surface area is 214 Å². The zero-order valence-electron chi connectivity index (χ0n) is 18.8. The van der Waals surface area contributed by atoms with E-state index < -0.39 is 10.8 Å². The molecular weight excluding hydrogens is 564 g/mol. The van der Waals surface area contributed by atoms with Gasteiger partial charge < -0.3 is 13.9 Å². The van der Waals surface area contributed by atoms with Gasteiger partial charge in [0.2, 0.25) is 0 Å². The van der Waals surface area contributed by atoms with Gasteiger partial charge in [0.1, 0.15) is 22.4 Å². The van der Waals surface area contributed by atoms with Crippen LogP contribution in [0.25, 0.3) is 0 Å². The lowest BCUT2D eigenvalue weighted by molar-refractivity contribution is -0.146. The van der Waals surface area contributed by atoms with Crippen LogP contribution in [0.4, 0.5) is 0 Å². The van der Waals surface area contributed by atoms with Crippen LogP contribution in [0.15, 0.2) is 68.0 Å². The second-order valence-corrected chi connectivity index (χ2v) is 11.2. The molecule has 34 heavy (non-hydrogen) atoms. The molecule has 0 N–H and O–H groups in total. The smallest absolute Gasteiger partial charge is 0.317 e. The molecule has 0 bridgehead atoms. The molecule has 2 fully saturated rings. The molecule has 174 valence electrons. The predicted octanol–water partition coefficient (Wildman–Crippen LogP) is 5.78. The first-order chi connectivity index (χ1) is 16.3. The van der Waals surface area contributed by atoms with Crippen molar-refractivity contribution in [2.24, 2.45) is 11.8 Å². The topological polar surface area (TPSA) is 65.7 Å². The average molecular weight is 586 g/mol. The van der Waals surface area contributed by atoms with Crippen molar-refractivity contribution in [3.05, 3.63) is 91.8 Å².